The van der Waals surface area contributed by atoms with Gasteiger partial charge in [-0.3, -0.25) is 10.1 Å². The van der Waals surface area contributed by atoms with Crippen LogP contribution in [0.15, 0.2) is 16.6 Å². The minimum absolute atomic E-state index is 0.107. The van der Waals surface area contributed by atoms with Crippen LogP contribution < -0.4 is 0 Å². The van der Waals surface area contributed by atoms with Gasteiger partial charge < -0.3 is 5.11 Å². The summed E-state index contributed by atoms with van der Waals surface area (Å²) < 4.78 is 0.794. The minimum Gasteiger partial charge on any atom is -0.478 e. The molecule has 0 aliphatic rings. The fourth-order valence-corrected chi connectivity index (χ4v) is 1.79. The lowest BCUT2D eigenvalue weighted by Gasteiger charge is -2.00. The predicted octanol–water partition coefficient (Wildman–Crippen LogP) is 2.66. The molecule has 0 fully saturated rings. The second-order valence-corrected chi connectivity index (χ2v) is 4.29. The Hall–Kier alpha value is -0.700. The molecule has 0 unspecified atom stereocenters. The van der Waals surface area contributed by atoms with Crippen molar-refractivity contribution in [2.75, 3.05) is 0 Å². The van der Waals surface area contributed by atoms with Gasteiger partial charge >= 0.3 is 5.97 Å². The molecule has 1 aromatic carbocycles. The fraction of sp³-hybridized carbons (Fsp3) is 0. The number of benzene rings is 1. The molecule has 0 saturated heterocycles. The van der Waals surface area contributed by atoms with Gasteiger partial charge in [0.2, 0.25) is 0 Å². The van der Waals surface area contributed by atoms with Crippen molar-refractivity contribution in [2.45, 2.75) is 0 Å². The number of hydrogen-bond donors (Lipinski definition) is 1. The van der Waals surface area contributed by atoms with Crippen LogP contribution in [-0.4, -0.2) is 16.0 Å². The molecule has 0 aliphatic carbocycles. The van der Waals surface area contributed by atoms with E-state index in [0.29, 0.717) is 8.04 Å². The second-order valence-electron chi connectivity index (χ2n) is 2.35. The van der Waals surface area contributed by atoms with E-state index in [4.69, 9.17) is 5.11 Å². The number of rotatable bonds is 2. The van der Waals surface area contributed by atoms with Crippen LogP contribution >= 0.6 is 38.5 Å². The van der Waals surface area contributed by atoms with Crippen LogP contribution in [0, 0.1) is 13.7 Å². The molecule has 0 aliphatic heterocycles. The van der Waals surface area contributed by atoms with E-state index < -0.39 is 10.9 Å². The summed E-state index contributed by atoms with van der Waals surface area (Å²) in [5.74, 6) is -1.19. The van der Waals surface area contributed by atoms with Crippen molar-refractivity contribution in [2.24, 2.45) is 0 Å². The summed E-state index contributed by atoms with van der Waals surface area (Å²) in [5, 5.41) is 19.2. The Bertz CT molecular complexity index is 420. The maximum atomic E-state index is 10.6. The number of carboxylic acids is 1. The van der Waals surface area contributed by atoms with E-state index in [-0.39, 0.29) is 11.3 Å². The second kappa shape index (κ2) is 4.22. The Morgan fingerprint density at radius 2 is 2.14 bits per heavy atom. The molecule has 74 valence electrons. The van der Waals surface area contributed by atoms with E-state index in [1.54, 1.807) is 22.6 Å². The molecule has 0 heterocycles. The quantitative estimate of drug-likeness (QED) is 0.492. The molecular weight excluding hydrogens is 369 g/mol. The van der Waals surface area contributed by atoms with E-state index in [9.17, 15) is 14.9 Å². The van der Waals surface area contributed by atoms with Crippen LogP contribution in [-0.2, 0) is 0 Å². The Morgan fingerprint density at radius 3 is 2.57 bits per heavy atom. The molecule has 0 radical (unpaired) electrons. The fourth-order valence-electron chi connectivity index (χ4n) is 0.831. The molecule has 14 heavy (non-hydrogen) atoms. The van der Waals surface area contributed by atoms with Gasteiger partial charge in [0, 0.05) is 10.5 Å². The van der Waals surface area contributed by atoms with Gasteiger partial charge in [0.1, 0.15) is 3.57 Å². The maximum absolute atomic E-state index is 10.6. The molecule has 1 rings (SSSR count). The van der Waals surface area contributed by atoms with Gasteiger partial charge in [0.25, 0.3) is 5.69 Å². The van der Waals surface area contributed by atoms with Crippen molar-refractivity contribution in [3.8, 4) is 0 Å². The van der Waals surface area contributed by atoms with Crippen molar-refractivity contribution in [1.82, 2.24) is 0 Å². The van der Waals surface area contributed by atoms with E-state index >= 15 is 0 Å². The molecule has 0 spiro atoms. The third-order valence-electron chi connectivity index (χ3n) is 1.45. The lowest BCUT2D eigenvalue weighted by atomic mass is 10.2. The van der Waals surface area contributed by atoms with Crippen molar-refractivity contribution < 1.29 is 14.8 Å². The van der Waals surface area contributed by atoms with Gasteiger partial charge in [-0.1, -0.05) is 0 Å². The lowest BCUT2D eigenvalue weighted by Crippen LogP contribution is -2.00. The van der Waals surface area contributed by atoms with Crippen LogP contribution in [0.3, 0.4) is 0 Å². The first kappa shape index (κ1) is 11.4. The van der Waals surface area contributed by atoms with Crippen molar-refractivity contribution in [1.29, 1.82) is 0 Å². The Morgan fingerprint density at radius 1 is 1.57 bits per heavy atom. The molecule has 0 bridgehead atoms. The third kappa shape index (κ3) is 2.21. The minimum atomic E-state index is -1.19. The molecule has 0 saturated carbocycles. The average molecular weight is 372 g/mol. The van der Waals surface area contributed by atoms with Crippen LogP contribution in [0.25, 0.3) is 0 Å². The molecule has 0 amide bonds. The van der Waals surface area contributed by atoms with E-state index in [1.165, 1.54) is 6.07 Å². The summed E-state index contributed by atoms with van der Waals surface area (Å²) in [6.07, 6.45) is 0. The first-order valence-electron chi connectivity index (χ1n) is 3.30. The SMILES string of the molecule is O=C(O)c1cc(Br)c(I)c([N+](=O)[O-])c1. The zero-order valence-corrected chi connectivity index (χ0v) is 10.3. The number of nitrogens with zero attached hydrogens (tertiary/aromatic N) is 1. The monoisotopic (exact) mass is 371 g/mol. The highest BCUT2D eigenvalue weighted by atomic mass is 127. The average Bonchev–Trinajstić information content (AvgIpc) is 2.08. The van der Waals surface area contributed by atoms with Crippen molar-refractivity contribution in [3.05, 3.63) is 35.9 Å². The van der Waals surface area contributed by atoms with E-state index in [0.717, 1.165) is 6.07 Å². The van der Waals surface area contributed by atoms with Gasteiger partial charge in [-0.25, -0.2) is 4.79 Å². The Balaban J connectivity index is 3.43. The van der Waals surface area contributed by atoms with Gasteiger partial charge in [-0.15, -0.1) is 0 Å². The van der Waals surface area contributed by atoms with Crippen molar-refractivity contribution in [3.63, 3.8) is 0 Å². The van der Waals surface area contributed by atoms with Crippen LogP contribution in [0.4, 0.5) is 5.69 Å². The van der Waals surface area contributed by atoms with Crippen LogP contribution in [0.5, 0.6) is 0 Å². The number of carboxylic acid groups (broad SMARTS) is 1. The summed E-state index contributed by atoms with van der Waals surface area (Å²) in [4.78, 5) is 20.5. The first-order chi connectivity index (χ1) is 6.43. The largest absolute Gasteiger partial charge is 0.478 e. The summed E-state index contributed by atoms with van der Waals surface area (Å²) >= 11 is 4.84. The predicted molar refractivity (Wildman–Crippen MR) is 60.5 cm³/mol. The summed E-state index contributed by atoms with van der Waals surface area (Å²) in [6, 6.07) is 2.37. The normalized spacial score (nSPS) is 9.86. The highest BCUT2D eigenvalue weighted by molar-refractivity contribution is 14.1. The molecule has 1 N–H and O–H groups in total. The first-order valence-corrected chi connectivity index (χ1v) is 5.17. The van der Waals surface area contributed by atoms with E-state index in [2.05, 4.69) is 15.9 Å². The van der Waals surface area contributed by atoms with Gasteiger partial charge in [-0.2, -0.15) is 0 Å². The zero-order chi connectivity index (χ0) is 10.9. The number of nitro benzene ring substituents is 1. The summed E-state index contributed by atoms with van der Waals surface area (Å²) in [7, 11) is 0. The highest BCUT2D eigenvalue weighted by Gasteiger charge is 2.18. The molecular formula is C7H3BrINO4. The molecule has 7 heteroatoms. The number of hydrogen-bond acceptors (Lipinski definition) is 3. The number of carbonyl (C=O) groups is 1. The van der Waals surface area contributed by atoms with Crippen LogP contribution in [0.2, 0.25) is 0 Å². The van der Waals surface area contributed by atoms with E-state index in [1.807, 2.05) is 0 Å². The number of aromatic carboxylic acids is 1. The Kier molecular flexibility index (Phi) is 3.43. The standard InChI is InChI=1S/C7H3BrINO4/c8-4-1-3(7(11)12)2-5(6(4)9)10(13)14/h1-2H,(H,11,12). The summed E-state index contributed by atoms with van der Waals surface area (Å²) in [5.41, 5.74) is -0.318. The number of halogens is 2. The zero-order valence-electron chi connectivity index (χ0n) is 6.53. The smallest absolute Gasteiger partial charge is 0.335 e. The highest BCUT2D eigenvalue weighted by Crippen LogP contribution is 2.29. The molecule has 5 nitrogen and oxygen atoms in total. The third-order valence-corrected chi connectivity index (χ3v) is 3.95. The topological polar surface area (TPSA) is 80.4 Å². The van der Waals surface area contributed by atoms with Gasteiger partial charge in [0.05, 0.1) is 10.5 Å². The molecule has 0 atom stereocenters. The number of nitro groups is 1. The van der Waals surface area contributed by atoms with Crippen molar-refractivity contribution >= 4 is 50.2 Å². The van der Waals surface area contributed by atoms with Crippen LogP contribution in [0.1, 0.15) is 10.4 Å². The van der Waals surface area contributed by atoms with Gasteiger partial charge in [-0.05, 0) is 44.6 Å². The summed E-state index contributed by atoms with van der Waals surface area (Å²) in [6.45, 7) is 0. The maximum Gasteiger partial charge on any atom is 0.335 e. The van der Waals surface area contributed by atoms with Gasteiger partial charge in [0.15, 0.2) is 0 Å². The molecule has 1 aromatic rings. The lowest BCUT2D eigenvalue weighted by molar-refractivity contribution is -0.385. The molecule has 0 aromatic heterocycles. The Labute approximate surface area is 101 Å².